The molecule has 1 aromatic carbocycles. The van der Waals surface area contributed by atoms with Crippen LogP contribution in [0.3, 0.4) is 0 Å². The second-order valence-corrected chi connectivity index (χ2v) is 8.28. The van der Waals surface area contributed by atoms with Gasteiger partial charge in [-0.2, -0.15) is 0 Å². The number of benzene rings is 1. The van der Waals surface area contributed by atoms with Gasteiger partial charge in [0.15, 0.2) is 0 Å². The third-order valence-electron chi connectivity index (χ3n) is 5.42. The van der Waals surface area contributed by atoms with E-state index in [2.05, 4.69) is 39.0 Å². The van der Waals surface area contributed by atoms with Crippen LogP contribution in [-0.2, 0) is 10.5 Å². The summed E-state index contributed by atoms with van der Waals surface area (Å²) in [6.07, 6.45) is 7.83. The lowest BCUT2D eigenvalue weighted by atomic mass is 9.95. The first-order chi connectivity index (χ1) is 13.3. The van der Waals surface area contributed by atoms with Gasteiger partial charge in [-0.15, -0.1) is 11.8 Å². The van der Waals surface area contributed by atoms with Crippen LogP contribution in [0.15, 0.2) is 47.8 Å². The van der Waals surface area contributed by atoms with Crippen molar-refractivity contribution in [3.05, 3.63) is 48.3 Å². The molecule has 6 heteroatoms. The van der Waals surface area contributed by atoms with Crippen molar-refractivity contribution in [2.75, 3.05) is 31.1 Å². The summed E-state index contributed by atoms with van der Waals surface area (Å²) < 4.78 is 0. The molecule has 3 heterocycles. The Bertz CT molecular complexity index is 756. The Morgan fingerprint density at radius 3 is 2.52 bits per heavy atom. The van der Waals surface area contributed by atoms with Gasteiger partial charge in [-0.1, -0.05) is 30.3 Å². The lowest BCUT2D eigenvalue weighted by molar-refractivity contribution is -0.135. The number of carbonyl (C=O) groups is 1. The first-order valence-corrected chi connectivity index (χ1v) is 10.8. The van der Waals surface area contributed by atoms with Gasteiger partial charge in [0.1, 0.15) is 10.8 Å². The van der Waals surface area contributed by atoms with Crippen LogP contribution in [0.2, 0.25) is 0 Å². The monoisotopic (exact) mass is 382 g/mol. The number of anilines is 1. The van der Waals surface area contributed by atoms with Crippen LogP contribution in [-0.4, -0.2) is 47.0 Å². The van der Waals surface area contributed by atoms with Crippen LogP contribution in [0.4, 0.5) is 5.82 Å². The van der Waals surface area contributed by atoms with Gasteiger partial charge in [0.25, 0.3) is 0 Å². The highest BCUT2D eigenvalue weighted by atomic mass is 32.2. The van der Waals surface area contributed by atoms with Gasteiger partial charge < -0.3 is 9.80 Å². The minimum Gasteiger partial charge on any atom is -0.355 e. The van der Waals surface area contributed by atoms with Gasteiger partial charge >= 0.3 is 0 Å². The molecule has 0 atom stereocenters. The van der Waals surface area contributed by atoms with E-state index < -0.39 is 0 Å². The SMILES string of the molecule is O=C(C1CCN(c2cncc(SCc3ccccc3)n2)CC1)N1CCCC1. The molecule has 0 spiro atoms. The zero-order chi connectivity index (χ0) is 18.5. The summed E-state index contributed by atoms with van der Waals surface area (Å²) in [7, 11) is 0. The van der Waals surface area contributed by atoms with E-state index in [0.717, 1.165) is 68.5 Å². The molecular weight excluding hydrogens is 356 g/mol. The van der Waals surface area contributed by atoms with E-state index in [1.54, 1.807) is 11.8 Å². The van der Waals surface area contributed by atoms with E-state index in [4.69, 9.17) is 4.98 Å². The Hall–Kier alpha value is -2.08. The third kappa shape index (κ3) is 4.61. The summed E-state index contributed by atoms with van der Waals surface area (Å²) in [4.78, 5) is 26.1. The summed E-state index contributed by atoms with van der Waals surface area (Å²) in [6, 6.07) is 10.4. The molecule has 5 nitrogen and oxygen atoms in total. The van der Waals surface area contributed by atoms with Crippen LogP contribution < -0.4 is 4.90 Å². The van der Waals surface area contributed by atoms with E-state index in [9.17, 15) is 4.79 Å². The molecule has 1 aromatic heterocycles. The maximum atomic E-state index is 12.6. The molecule has 2 fully saturated rings. The van der Waals surface area contributed by atoms with Crippen molar-refractivity contribution in [3.8, 4) is 0 Å². The zero-order valence-corrected chi connectivity index (χ0v) is 16.4. The van der Waals surface area contributed by atoms with Crippen LogP contribution in [0.1, 0.15) is 31.2 Å². The molecule has 2 aliphatic rings. The van der Waals surface area contributed by atoms with E-state index >= 15 is 0 Å². The Morgan fingerprint density at radius 2 is 1.78 bits per heavy atom. The molecule has 27 heavy (non-hydrogen) atoms. The minimum absolute atomic E-state index is 0.183. The predicted molar refractivity (Wildman–Crippen MR) is 109 cm³/mol. The fourth-order valence-corrected chi connectivity index (χ4v) is 4.64. The average molecular weight is 383 g/mol. The first kappa shape index (κ1) is 18.3. The molecular formula is C21H26N4OS. The second kappa shape index (κ2) is 8.74. The summed E-state index contributed by atoms with van der Waals surface area (Å²) in [5, 5.41) is 0.951. The largest absolute Gasteiger partial charge is 0.355 e. The van der Waals surface area contributed by atoms with Crippen molar-refractivity contribution in [1.29, 1.82) is 0 Å². The van der Waals surface area contributed by atoms with Crippen molar-refractivity contribution < 1.29 is 4.79 Å². The summed E-state index contributed by atoms with van der Waals surface area (Å²) in [5.41, 5.74) is 1.29. The van der Waals surface area contributed by atoms with E-state index in [1.165, 1.54) is 5.56 Å². The molecule has 0 bridgehead atoms. The Balaban J connectivity index is 1.32. The molecule has 2 saturated heterocycles. The molecule has 2 aliphatic heterocycles. The second-order valence-electron chi connectivity index (χ2n) is 7.28. The smallest absolute Gasteiger partial charge is 0.225 e. The van der Waals surface area contributed by atoms with E-state index in [1.807, 2.05) is 18.5 Å². The molecule has 0 radical (unpaired) electrons. The van der Waals surface area contributed by atoms with Gasteiger partial charge in [-0.25, -0.2) is 4.98 Å². The van der Waals surface area contributed by atoms with Crippen molar-refractivity contribution in [2.24, 2.45) is 5.92 Å². The van der Waals surface area contributed by atoms with Crippen LogP contribution in [0.25, 0.3) is 0 Å². The lowest BCUT2D eigenvalue weighted by Crippen LogP contribution is -2.42. The minimum atomic E-state index is 0.183. The molecule has 142 valence electrons. The number of rotatable bonds is 5. The van der Waals surface area contributed by atoms with Crippen molar-refractivity contribution >= 4 is 23.5 Å². The molecule has 0 unspecified atom stereocenters. The van der Waals surface area contributed by atoms with Crippen LogP contribution in [0.5, 0.6) is 0 Å². The van der Waals surface area contributed by atoms with E-state index in [0.29, 0.717) is 5.91 Å². The zero-order valence-electron chi connectivity index (χ0n) is 15.6. The Morgan fingerprint density at radius 1 is 1.04 bits per heavy atom. The number of amides is 1. The maximum absolute atomic E-state index is 12.6. The molecule has 0 aliphatic carbocycles. The fourth-order valence-electron chi connectivity index (χ4n) is 3.84. The van der Waals surface area contributed by atoms with Crippen molar-refractivity contribution in [1.82, 2.24) is 14.9 Å². The van der Waals surface area contributed by atoms with E-state index in [-0.39, 0.29) is 5.92 Å². The van der Waals surface area contributed by atoms with Gasteiger partial charge in [0.05, 0.1) is 12.4 Å². The molecule has 2 aromatic rings. The topological polar surface area (TPSA) is 49.3 Å². The highest BCUT2D eigenvalue weighted by Gasteiger charge is 2.30. The van der Waals surface area contributed by atoms with Crippen LogP contribution >= 0.6 is 11.8 Å². The summed E-state index contributed by atoms with van der Waals surface area (Å²) >= 11 is 1.71. The Labute approximate surface area is 165 Å². The Kier molecular flexibility index (Phi) is 5.92. The molecule has 0 saturated carbocycles. The lowest BCUT2D eigenvalue weighted by Gasteiger charge is -2.33. The number of hydrogen-bond donors (Lipinski definition) is 0. The number of piperidine rings is 1. The van der Waals surface area contributed by atoms with Gasteiger partial charge in [0.2, 0.25) is 5.91 Å². The number of thioether (sulfide) groups is 1. The standard InChI is InChI=1S/C21H26N4OS/c26-21(25-10-4-5-11-25)18-8-12-24(13-9-18)19-14-22-15-20(23-19)27-16-17-6-2-1-3-7-17/h1-3,6-7,14-15,18H,4-5,8-13,16H2. The number of hydrogen-bond acceptors (Lipinski definition) is 5. The first-order valence-electron chi connectivity index (χ1n) is 9.82. The number of aromatic nitrogens is 2. The molecule has 0 N–H and O–H groups in total. The third-order valence-corrected chi connectivity index (χ3v) is 6.39. The van der Waals surface area contributed by atoms with Gasteiger partial charge in [0, 0.05) is 37.8 Å². The van der Waals surface area contributed by atoms with Gasteiger partial charge in [-0.3, -0.25) is 9.78 Å². The fraction of sp³-hybridized carbons (Fsp3) is 0.476. The quantitative estimate of drug-likeness (QED) is 0.740. The average Bonchev–Trinajstić information content (AvgIpc) is 3.28. The maximum Gasteiger partial charge on any atom is 0.225 e. The van der Waals surface area contributed by atoms with Gasteiger partial charge in [-0.05, 0) is 31.2 Å². The number of carbonyl (C=O) groups excluding carboxylic acids is 1. The number of nitrogens with zero attached hydrogens (tertiary/aromatic N) is 4. The summed E-state index contributed by atoms with van der Waals surface area (Å²) in [5.74, 6) is 2.37. The highest BCUT2D eigenvalue weighted by molar-refractivity contribution is 7.98. The highest BCUT2D eigenvalue weighted by Crippen LogP contribution is 2.27. The number of likely N-dealkylation sites (tertiary alicyclic amines) is 1. The van der Waals surface area contributed by atoms with Crippen molar-refractivity contribution in [3.63, 3.8) is 0 Å². The molecule has 1 amide bonds. The van der Waals surface area contributed by atoms with Crippen molar-refractivity contribution in [2.45, 2.75) is 36.5 Å². The van der Waals surface area contributed by atoms with Crippen LogP contribution in [0, 0.1) is 5.92 Å². The normalized spacial score (nSPS) is 18.1. The predicted octanol–water partition coefficient (Wildman–Crippen LogP) is 3.61. The molecule has 4 rings (SSSR count). The summed E-state index contributed by atoms with van der Waals surface area (Å²) in [6.45, 7) is 3.66.